The maximum atomic E-state index is 11.8. The zero-order valence-corrected chi connectivity index (χ0v) is 10.4. The number of quaternary nitrogens is 1. The van der Waals surface area contributed by atoms with E-state index < -0.39 is 0 Å². The normalized spacial score (nSPS) is 19.1. The van der Waals surface area contributed by atoms with Crippen molar-refractivity contribution in [1.29, 1.82) is 0 Å². The Kier molecular flexibility index (Phi) is 5.06. The van der Waals surface area contributed by atoms with Gasteiger partial charge in [0.2, 0.25) is 0 Å². The molecule has 0 spiro atoms. The molecule has 0 aliphatic rings. The van der Waals surface area contributed by atoms with Gasteiger partial charge < -0.3 is 15.0 Å². The van der Waals surface area contributed by atoms with Gasteiger partial charge in [0.15, 0.2) is 0 Å². The highest BCUT2D eigenvalue weighted by Gasteiger charge is 2.49. The van der Waals surface area contributed by atoms with Crippen LogP contribution in [-0.4, -0.2) is 25.3 Å². The van der Waals surface area contributed by atoms with E-state index in [0.717, 1.165) is 19.3 Å². The zero-order valence-electron chi connectivity index (χ0n) is 10.4. The second-order valence-corrected chi connectivity index (χ2v) is 4.13. The average molecular weight is 203 g/mol. The van der Waals surface area contributed by atoms with Crippen molar-refractivity contribution in [2.75, 3.05) is 14.2 Å². The highest BCUT2D eigenvalue weighted by Crippen LogP contribution is 2.31. The molecule has 86 valence electrons. The molecule has 1 N–H and O–H groups in total. The molecule has 0 aromatic heterocycles. The summed E-state index contributed by atoms with van der Waals surface area (Å²) in [7, 11) is 3.38. The molecule has 0 saturated heterocycles. The summed E-state index contributed by atoms with van der Waals surface area (Å²) in [5.41, 5.74) is -0.654. The molecule has 0 heterocycles. The molecule has 0 saturated carbocycles. The lowest BCUT2D eigenvalue weighted by Gasteiger charge is -2.51. The molecule has 0 rings (SSSR count). The Morgan fingerprint density at radius 3 is 1.64 bits per heavy atom. The van der Waals surface area contributed by atoms with Crippen LogP contribution in [0.2, 0.25) is 0 Å². The van der Waals surface area contributed by atoms with E-state index in [9.17, 15) is 5.21 Å². The molecule has 0 amide bonds. The van der Waals surface area contributed by atoms with Gasteiger partial charge in [-0.3, -0.25) is 0 Å². The summed E-state index contributed by atoms with van der Waals surface area (Å²) in [5.74, 6) is 0. The van der Waals surface area contributed by atoms with E-state index in [1.54, 1.807) is 14.2 Å². The molecule has 0 aromatic rings. The topological polar surface area (TPSA) is 36.7 Å². The molecule has 3 heteroatoms. The van der Waals surface area contributed by atoms with Gasteiger partial charge >= 0.3 is 0 Å². The van der Waals surface area contributed by atoms with Gasteiger partial charge in [-0.2, -0.15) is 0 Å². The van der Waals surface area contributed by atoms with Crippen LogP contribution in [0.5, 0.6) is 0 Å². The third-order valence-corrected chi connectivity index (χ3v) is 4.02. The summed E-state index contributed by atoms with van der Waals surface area (Å²) in [6.45, 7) is 8.25. The first-order valence-corrected chi connectivity index (χ1v) is 5.50. The summed E-state index contributed by atoms with van der Waals surface area (Å²) < 4.78 is 5.57. The third-order valence-electron chi connectivity index (χ3n) is 4.02. The fourth-order valence-electron chi connectivity index (χ4n) is 2.55. The van der Waals surface area contributed by atoms with E-state index >= 15 is 0 Å². The molecule has 0 aliphatic carbocycles. The molecule has 0 fully saturated rings. The van der Waals surface area contributed by atoms with Crippen LogP contribution in [0.4, 0.5) is 0 Å². The van der Waals surface area contributed by atoms with Crippen LogP contribution in [0.1, 0.15) is 47.0 Å². The van der Waals surface area contributed by atoms with Gasteiger partial charge in [0.25, 0.3) is 0 Å². The number of methoxy groups -OCH3 is 1. The van der Waals surface area contributed by atoms with E-state index in [2.05, 4.69) is 20.8 Å². The number of hydroxylamine groups is 2. The van der Waals surface area contributed by atoms with Gasteiger partial charge in [0, 0.05) is 20.0 Å². The molecule has 3 nitrogen and oxygen atoms in total. The number of likely N-dealkylation sites (N-methyl/N-ethyl adjacent to an activating group) is 1. The van der Waals surface area contributed by atoms with Crippen molar-refractivity contribution < 1.29 is 9.80 Å². The number of hydrogen-bond donors (Lipinski definition) is 1. The zero-order chi connectivity index (χ0) is 11.4. The minimum absolute atomic E-state index is 0.244. The monoisotopic (exact) mass is 203 g/mol. The Labute approximate surface area is 88.0 Å². The fourth-order valence-corrected chi connectivity index (χ4v) is 2.55. The Bertz CT molecular complexity index is 161. The number of rotatable bonds is 6. The highest BCUT2D eigenvalue weighted by molar-refractivity contribution is 4.95. The standard InChI is InChI=1S/C11H25NO2/c1-7-10(4,14-6)11(8-2,9-3)12(5)13/h12H,7-9H2,1-6H3. The summed E-state index contributed by atoms with van der Waals surface area (Å²) in [5, 5.41) is 12.1. The first-order valence-electron chi connectivity index (χ1n) is 5.50. The van der Waals surface area contributed by atoms with E-state index in [4.69, 9.17) is 4.74 Å². The van der Waals surface area contributed by atoms with Crippen LogP contribution in [0, 0.1) is 5.21 Å². The lowest BCUT2D eigenvalue weighted by molar-refractivity contribution is -0.897. The molecular weight excluding hydrogens is 178 g/mol. The third kappa shape index (κ3) is 1.95. The van der Waals surface area contributed by atoms with Gasteiger partial charge in [-0.1, -0.05) is 20.8 Å². The van der Waals surface area contributed by atoms with Crippen molar-refractivity contribution in [1.82, 2.24) is 0 Å². The quantitative estimate of drug-likeness (QED) is 0.662. The molecule has 14 heavy (non-hydrogen) atoms. The van der Waals surface area contributed by atoms with Gasteiger partial charge in [-0.05, 0) is 13.3 Å². The molecular formula is C11H25NO2. The molecule has 0 radical (unpaired) electrons. The van der Waals surface area contributed by atoms with Crippen molar-refractivity contribution in [3.63, 3.8) is 0 Å². The number of nitrogens with one attached hydrogen (secondary N) is 1. The lowest BCUT2D eigenvalue weighted by Crippen LogP contribution is -3.16. The van der Waals surface area contributed by atoms with Crippen LogP contribution in [-0.2, 0) is 4.74 Å². The Balaban J connectivity index is 5.14. The Morgan fingerprint density at radius 1 is 1.14 bits per heavy atom. The Hall–Kier alpha value is -0.120. The van der Waals surface area contributed by atoms with Gasteiger partial charge in [0.05, 0.1) is 7.05 Å². The van der Waals surface area contributed by atoms with Gasteiger partial charge in [0.1, 0.15) is 11.1 Å². The molecule has 0 bridgehead atoms. The fraction of sp³-hybridized carbons (Fsp3) is 1.00. The molecule has 0 aromatic carbocycles. The van der Waals surface area contributed by atoms with Gasteiger partial charge in [-0.25, -0.2) is 0 Å². The van der Waals surface area contributed by atoms with Crippen molar-refractivity contribution >= 4 is 0 Å². The van der Waals surface area contributed by atoms with Crippen LogP contribution < -0.4 is 5.06 Å². The summed E-state index contributed by atoms with van der Waals surface area (Å²) in [4.78, 5) is 0. The van der Waals surface area contributed by atoms with Crippen molar-refractivity contribution in [2.45, 2.75) is 58.1 Å². The summed E-state index contributed by atoms with van der Waals surface area (Å²) in [6.07, 6.45) is 2.55. The first-order chi connectivity index (χ1) is 6.44. The van der Waals surface area contributed by atoms with Crippen LogP contribution in [0.3, 0.4) is 0 Å². The van der Waals surface area contributed by atoms with E-state index in [1.807, 2.05) is 6.92 Å². The van der Waals surface area contributed by atoms with Crippen molar-refractivity contribution in [3.8, 4) is 0 Å². The molecule has 2 atom stereocenters. The Morgan fingerprint density at radius 2 is 1.57 bits per heavy atom. The maximum Gasteiger partial charge on any atom is 0.126 e. The summed E-state index contributed by atoms with van der Waals surface area (Å²) >= 11 is 0. The first kappa shape index (κ1) is 13.9. The predicted octanol–water partition coefficient (Wildman–Crippen LogP) is 1.37. The van der Waals surface area contributed by atoms with Crippen LogP contribution in [0.25, 0.3) is 0 Å². The van der Waals surface area contributed by atoms with Crippen molar-refractivity contribution in [3.05, 3.63) is 5.21 Å². The number of hydrogen-bond acceptors (Lipinski definition) is 2. The molecule has 2 unspecified atom stereocenters. The van der Waals surface area contributed by atoms with E-state index in [-0.39, 0.29) is 16.2 Å². The minimum atomic E-state index is -0.331. The SMILES string of the molecule is CCC(C)(OC)C(CC)(CC)[NH+](C)[O-]. The highest BCUT2D eigenvalue weighted by atomic mass is 16.5. The van der Waals surface area contributed by atoms with Crippen LogP contribution >= 0.6 is 0 Å². The van der Waals surface area contributed by atoms with E-state index in [0.29, 0.717) is 0 Å². The van der Waals surface area contributed by atoms with Gasteiger partial charge in [-0.15, -0.1) is 0 Å². The lowest BCUT2D eigenvalue weighted by atomic mass is 9.74. The second-order valence-electron chi connectivity index (χ2n) is 4.13. The van der Waals surface area contributed by atoms with E-state index in [1.165, 1.54) is 0 Å². The number of ether oxygens (including phenoxy) is 1. The smallest absolute Gasteiger partial charge is 0.126 e. The molecule has 0 aliphatic heterocycles. The summed E-state index contributed by atoms with van der Waals surface area (Å²) in [6, 6.07) is 0. The average Bonchev–Trinajstić information content (AvgIpc) is 2.19. The van der Waals surface area contributed by atoms with Crippen LogP contribution in [0.15, 0.2) is 0 Å². The minimum Gasteiger partial charge on any atom is -0.634 e. The maximum absolute atomic E-state index is 11.8. The van der Waals surface area contributed by atoms with Crippen molar-refractivity contribution in [2.24, 2.45) is 0 Å². The predicted molar refractivity (Wildman–Crippen MR) is 59.3 cm³/mol. The largest absolute Gasteiger partial charge is 0.634 e. The second kappa shape index (κ2) is 5.10.